The molecule has 1 aromatic carbocycles. The molecule has 0 saturated carbocycles. The van der Waals surface area contributed by atoms with Gasteiger partial charge in [-0.05, 0) is 50.8 Å². The zero-order valence-electron chi connectivity index (χ0n) is 16.7. The van der Waals surface area contributed by atoms with Crippen LogP contribution in [0.3, 0.4) is 0 Å². The topological polar surface area (TPSA) is 50.7 Å². The minimum absolute atomic E-state index is 0.0953. The molecule has 144 valence electrons. The molecule has 0 aliphatic heterocycles. The van der Waals surface area contributed by atoms with Crippen LogP contribution in [0.1, 0.15) is 58.9 Å². The molecule has 25 heavy (non-hydrogen) atoms. The first-order valence-corrected chi connectivity index (χ1v) is 9.57. The number of hydrogen-bond donors (Lipinski definition) is 2. The molecule has 0 aliphatic carbocycles. The Morgan fingerprint density at radius 1 is 1.16 bits per heavy atom. The Morgan fingerprint density at radius 2 is 1.84 bits per heavy atom. The van der Waals surface area contributed by atoms with Gasteiger partial charge >= 0.3 is 0 Å². The van der Waals surface area contributed by atoms with Crippen LogP contribution in [0, 0.1) is 0 Å². The molecule has 2 atom stereocenters. The SMILES string of the molecule is CCCCC(CC)OCC(O)CNC(C)(C)Cc1ccc(OC)cc1. The van der Waals surface area contributed by atoms with Crippen LogP contribution < -0.4 is 10.1 Å². The van der Waals surface area contributed by atoms with Crippen molar-refractivity contribution in [2.45, 2.75) is 77.5 Å². The van der Waals surface area contributed by atoms with Crippen LogP contribution >= 0.6 is 0 Å². The molecular weight excluding hydrogens is 314 g/mol. The highest BCUT2D eigenvalue weighted by Crippen LogP contribution is 2.17. The van der Waals surface area contributed by atoms with E-state index in [1.807, 2.05) is 12.1 Å². The fourth-order valence-corrected chi connectivity index (χ4v) is 2.85. The van der Waals surface area contributed by atoms with Crippen molar-refractivity contribution >= 4 is 0 Å². The number of ether oxygens (including phenoxy) is 2. The second-order valence-corrected chi connectivity index (χ2v) is 7.45. The van der Waals surface area contributed by atoms with Crippen LogP contribution in [-0.2, 0) is 11.2 Å². The fourth-order valence-electron chi connectivity index (χ4n) is 2.85. The normalized spacial score (nSPS) is 14.3. The van der Waals surface area contributed by atoms with Crippen molar-refractivity contribution in [1.82, 2.24) is 5.32 Å². The zero-order valence-corrected chi connectivity index (χ0v) is 16.7. The van der Waals surface area contributed by atoms with E-state index < -0.39 is 6.10 Å². The molecule has 0 radical (unpaired) electrons. The highest BCUT2D eigenvalue weighted by Gasteiger charge is 2.20. The van der Waals surface area contributed by atoms with Crippen LogP contribution in [0.2, 0.25) is 0 Å². The van der Waals surface area contributed by atoms with E-state index in [4.69, 9.17) is 9.47 Å². The van der Waals surface area contributed by atoms with Crippen molar-refractivity contribution in [3.05, 3.63) is 29.8 Å². The molecule has 1 rings (SSSR count). The highest BCUT2D eigenvalue weighted by molar-refractivity contribution is 5.28. The van der Waals surface area contributed by atoms with E-state index >= 15 is 0 Å². The summed E-state index contributed by atoms with van der Waals surface area (Å²) in [7, 11) is 1.68. The summed E-state index contributed by atoms with van der Waals surface area (Å²) in [6.07, 6.45) is 5.12. The third kappa shape index (κ3) is 9.24. The standard InChI is InChI=1S/C21H37NO3/c1-6-8-9-19(7-2)25-16-18(23)15-22-21(3,4)14-17-10-12-20(24-5)13-11-17/h10-13,18-19,22-23H,6-9,14-16H2,1-5H3. The van der Waals surface area contributed by atoms with Gasteiger partial charge in [-0.2, -0.15) is 0 Å². The third-order valence-corrected chi connectivity index (χ3v) is 4.48. The Hall–Kier alpha value is -1.10. The maximum atomic E-state index is 10.2. The van der Waals surface area contributed by atoms with Crippen molar-refractivity contribution in [2.75, 3.05) is 20.3 Å². The number of hydrogen-bond acceptors (Lipinski definition) is 4. The molecule has 0 aromatic heterocycles. The average Bonchev–Trinajstić information content (AvgIpc) is 2.60. The monoisotopic (exact) mass is 351 g/mol. The summed E-state index contributed by atoms with van der Waals surface area (Å²) in [6.45, 7) is 9.57. The second kappa shape index (κ2) is 11.5. The number of aliphatic hydroxyl groups is 1. The van der Waals surface area contributed by atoms with Crippen LogP contribution in [0.25, 0.3) is 0 Å². The number of aliphatic hydroxyl groups excluding tert-OH is 1. The lowest BCUT2D eigenvalue weighted by atomic mass is 9.94. The Labute approximate surface area is 153 Å². The molecule has 0 fully saturated rings. The van der Waals surface area contributed by atoms with E-state index in [-0.39, 0.29) is 11.6 Å². The number of β-amino-alcohol motifs (C(OH)–C–C–N with tert-alkyl or cyclic N) is 1. The Bertz CT molecular complexity index is 459. The summed E-state index contributed by atoms with van der Waals surface area (Å²) in [5.74, 6) is 0.871. The molecular formula is C21H37NO3. The van der Waals surface area contributed by atoms with E-state index in [1.54, 1.807) is 7.11 Å². The van der Waals surface area contributed by atoms with Crippen LogP contribution in [-0.4, -0.2) is 43.1 Å². The fraction of sp³-hybridized carbons (Fsp3) is 0.714. The van der Waals surface area contributed by atoms with Gasteiger partial charge < -0.3 is 19.9 Å². The van der Waals surface area contributed by atoms with Crippen molar-refractivity contribution in [1.29, 1.82) is 0 Å². The first kappa shape index (κ1) is 21.9. The van der Waals surface area contributed by atoms with Gasteiger partial charge in [0.25, 0.3) is 0 Å². The molecule has 4 nitrogen and oxygen atoms in total. The van der Waals surface area contributed by atoms with Crippen molar-refractivity contribution in [2.24, 2.45) is 0 Å². The highest BCUT2D eigenvalue weighted by atomic mass is 16.5. The molecule has 4 heteroatoms. The lowest BCUT2D eigenvalue weighted by molar-refractivity contribution is -0.0159. The van der Waals surface area contributed by atoms with E-state index in [1.165, 1.54) is 18.4 Å². The smallest absolute Gasteiger partial charge is 0.118 e. The van der Waals surface area contributed by atoms with Gasteiger partial charge in [-0.15, -0.1) is 0 Å². The lowest BCUT2D eigenvalue weighted by Gasteiger charge is -2.28. The molecule has 2 N–H and O–H groups in total. The molecule has 0 aliphatic rings. The summed E-state index contributed by atoms with van der Waals surface area (Å²) in [4.78, 5) is 0. The zero-order chi connectivity index (χ0) is 18.7. The number of rotatable bonds is 13. The van der Waals surface area contributed by atoms with Crippen LogP contribution in [0.15, 0.2) is 24.3 Å². The van der Waals surface area contributed by atoms with Crippen LogP contribution in [0.4, 0.5) is 0 Å². The van der Waals surface area contributed by atoms with Crippen molar-refractivity contribution in [3.63, 3.8) is 0 Å². The Morgan fingerprint density at radius 3 is 2.40 bits per heavy atom. The molecule has 0 spiro atoms. The molecule has 1 aromatic rings. The molecule has 0 heterocycles. The summed E-state index contributed by atoms with van der Waals surface area (Å²) < 4.78 is 11.1. The largest absolute Gasteiger partial charge is 0.497 e. The van der Waals surface area contributed by atoms with Gasteiger partial charge in [-0.3, -0.25) is 0 Å². The van der Waals surface area contributed by atoms with E-state index in [9.17, 15) is 5.11 Å². The number of nitrogens with one attached hydrogen (secondary N) is 1. The number of unbranched alkanes of at least 4 members (excludes halogenated alkanes) is 1. The first-order chi connectivity index (χ1) is 11.9. The summed E-state index contributed by atoms with van der Waals surface area (Å²) in [6, 6.07) is 8.13. The predicted octanol–water partition coefficient (Wildman–Crippen LogP) is 3.95. The third-order valence-electron chi connectivity index (χ3n) is 4.48. The molecule has 0 bridgehead atoms. The minimum Gasteiger partial charge on any atom is -0.497 e. The minimum atomic E-state index is -0.481. The van der Waals surface area contributed by atoms with E-state index in [0.29, 0.717) is 13.2 Å². The van der Waals surface area contributed by atoms with Crippen molar-refractivity contribution in [3.8, 4) is 5.75 Å². The van der Waals surface area contributed by atoms with Gasteiger partial charge in [0, 0.05) is 12.1 Å². The summed E-state index contributed by atoms with van der Waals surface area (Å²) in [5, 5.41) is 13.7. The van der Waals surface area contributed by atoms with E-state index in [2.05, 4.69) is 45.1 Å². The Balaban J connectivity index is 2.35. The summed E-state index contributed by atoms with van der Waals surface area (Å²) >= 11 is 0. The van der Waals surface area contributed by atoms with Gasteiger partial charge in [0.1, 0.15) is 5.75 Å². The summed E-state index contributed by atoms with van der Waals surface area (Å²) in [5.41, 5.74) is 1.15. The number of benzene rings is 1. The Kier molecular flexibility index (Phi) is 10.1. The maximum absolute atomic E-state index is 10.2. The van der Waals surface area contributed by atoms with Gasteiger partial charge in [0.05, 0.1) is 25.9 Å². The average molecular weight is 352 g/mol. The van der Waals surface area contributed by atoms with Gasteiger partial charge in [-0.25, -0.2) is 0 Å². The molecule has 0 saturated heterocycles. The molecule has 2 unspecified atom stereocenters. The molecule has 0 amide bonds. The quantitative estimate of drug-likeness (QED) is 0.565. The number of methoxy groups -OCH3 is 1. The predicted molar refractivity (Wildman–Crippen MR) is 104 cm³/mol. The first-order valence-electron chi connectivity index (χ1n) is 9.57. The van der Waals surface area contributed by atoms with Crippen molar-refractivity contribution < 1.29 is 14.6 Å². The van der Waals surface area contributed by atoms with Gasteiger partial charge in [0.2, 0.25) is 0 Å². The maximum Gasteiger partial charge on any atom is 0.118 e. The van der Waals surface area contributed by atoms with Gasteiger partial charge in [0.15, 0.2) is 0 Å². The second-order valence-electron chi connectivity index (χ2n) is 7.45. The van der Waals surface area contributed by atoms with E-state index in [0.717, 1.165) is 25.0 Å². The van der Waals surface area contributed by atoms with Crippen LogP contribution in [0.5, 0.6) is 5.75 Å². The van der Waals surface area contributed by atoms with Gasteiger partial charge in [-0.1, -0.05) is 38.8 Å². The lowest BCUT2D eigenvalue weighted by Crippen LogP contribution is -2.46.